The second-order valence-electron chi connectivity index (χ2n) is 4.80. The van der Waals surface area contributed by atoms with Crippen LogP contribution in [0.4, 0.5) is 0 Å². The highest BCUT2D eigenvalue weighted by Crippen LogP contribution is 2.36. The molecule has 24 heavy (non-hydrogen) atoms. The van der Waals surface area contributed by atoms with Gasteiger partial charge < -0.3 is 14.8 Å². The number of hydrogen-bond acceptors (Lipinski definition) is 5. The van der Waals surface area contributed by atoms with Crippen molar-refractivity contribution >= 4 is 33.2 Å². The second kappa shape index (κ2) is 9.30. The van der Waals surface area contributed by atoms with Crippen LogP contribution in [-0.2, 0) is 11.2 Å². The molecule has 1 aromatic carbocycles. The molecule has 7 heteroatoms. The molecule has 0 saturated heterocycles. The maximum absolute atomic E-state index is 11.9. The van der Waals surface area contributed by atoms with Crippen LogP contribution in [0, 0.1) is 11.3 Å². The Morgan fingerprint density at radius 2 is 2.25 bits per heavy atom. The van der Waals surface area contributed by atoms with E-state index in [1.807, 2.05) is 24.4 Å². The van der Waals surface area contributed by atoms with Crippen LogP contribution < -0.4 is 14.8 Å². The van der Waals surface area contributed by atoms with Crippen LogP contribution >= 0.6 is 27.3 Å². The van der Waals surface area contributed by atoms with Gasteiger partial charge >= 0.3 is 0 Å². The number of rotatable bonds is 8. The molecule has 126 valence electrons. The van der Waals surface area contributed by atoms with Crippen molar-refractivity contribution in [3.05, 3.63) is 44.6 Å². The number of carbonyl (C=O) groups is 1. The zero-order chi connectivity index (χ0) is 17.4. The first-order valence-electron chi connectivity index (χ1n) is 7.42. The molecule has 1 amide bonds. The summed E-state index contributed by atoms with van der Waals surface area (Å²) in [4.78, 5) is 13.1. The minimum absolute atomic E-state index is 0.116. The Kier molecular flexibility index (Phi) is 7.09. The van der Waals surface area contributed by atoms with Crippen molar-refractivity contribution in [2.75, 3.05) is 19.8 Å². The van der Waals surface area contributed by atoms with E-state index in [-0.39, 0.29) is 12.5 Å². The van der Waals surface area contributed by atoms with Gasteiger partial charge in [-0.1, -0.05) is 6.07 Å². The van der Waals surface area contributed by atoms with Gasteiger partial charge in [0.25, 0.3) is 5.91 Å². The number of nitrogens with one attached hydrogen (secondary N) is 1. The van der Waals surface area contributed by atoms with Crippen molar-refractivity contribution in [1.29, 1.82) is 5.26 Å². The van der Waals surface area contributed by atoms with Gasteiger partial charge in [-0.15, -0.1) is 11.3 Å². The lowest BCUT2D eigenvalue weighted by atomic mass is 10.2. The summed E-state index contributed by atoms with van der Waals surface area (Å²) in [6, 6.07) is 9.31. The molecule has 0 atom stereocenters. The van der Waals surface area contributed by atoms with Crippen molar-refractivity contribution in [3.8, 4) is 17.6 Å². The lowest BCUT2D eigenvalue weighted by Gasteiger charge is -2.14. The molecule has 2 rings (SSSR count). The summed E-state index contributed by atoms with van der Waals surface area (Å²) in [7, 11) is 0. The summed E-state index contributed by atoms with van der Waals surface area (Å²) in [5.41, 5.74) is 0.457. The van der Waals surface area contributed by atoms with Crippen molar-refractivity contribution in [2.45, 2.75) is 13.3 Å². The van der Waals surface area contributed by atoms with E-state index in [1.165, 1.54) is 4.88 Å². The Morgan fingerprint density at radius 3 is 2.92 bits per heavy atom. The standard InChI is InChI=1S/C17H17BrN2O3S/c1-2-22-15-9-12(10-19)8-14(18)17(15)23-11-16(21)20-6-5-13-4-3-7-24-13/h3-4,7-9H,2,5-6,11H2,1H3,(H,20,21). The molecule has 1 N–H and O–H groups in total. The Labute approximate surface area is 153 Å². The molecule has 0 aliphatic heterocycles. The molecule has 1 aromatic heterocycles. The topological polar surface area (TPSA) is 71.3 Å². The minimum Gasteiger partial charge on any atom is -0.490 e. The predicted molar refractivity (Wildman–Crippen MR) is 96.6 cm³/mol. The fourth-order valence-corrected chi connectivity index (χ4v) is 3.27. The lowest BCUT2D eigenvalue weighted by Crippen LogP contribution is -2.30. The van der Waals surface area contributed by atoms with E-state index in [4.69, 9.17) is 14.7 Å². The average Bonchev–Trinajstić information content (AvgIpc) is 3.07. The molecule has 5 nitrogen and oxygen atoms in total. The molecule has 2 aromatic rings. The Balaban J connectivity index is 1.90. The van der Waals surface area contributed by atoms with Crippen LogP contribution in [-0.4, -0.2) is 25.7 Å². The highest BCUT2D eigenvalue weighted by atomic mass is 79.9. The highest BCUT2D eigenvalue weighted by molar-refractivity contribution is 9.10. The SMILES string of the molecule is CCOc1cc(C#N)cc(Br)c1OCC(=O)NCCc1cccs1. The van der Waals surface area contributed by atoms with Gasteiger partial charge in [0.1, 0.15) is 0 Å². The van der Waals surface area contributed by atoms with Gasteiger partial charge in [0.15, 0.2) is 18.1 Å². The van der Waals surface area contributed by atoms with Crippen LogP contribution in [0.5, 0.6) is 11.5 Å². The van der Waals surface area contributed by atoms with E-state index in [2.05, 4.69) is 27.3 Å². The number of amides is 1. The van der Waals surface area contributed by atoms with Gasteiger partial charge in [-0.05, 0) is 46.8 Å². The monoisotopic (exact) mass is 408 g/mol. The summed E-state index contributed by atoms with van der Waals surface area (Å²) in [6.45, 7) is 2.73. The van der Waals surface area contributed by atoms with Crippen LogP contribution in [0.15, 0.2) is 34.1 Å². The summed E-state index contributed by atoms with van der Waals surface area (Å²) < 4.78 is 11.6. The van der Waals surface area contributed by atoms with E-state index in [0.717, 1.165) is 6.42 Å². The van der Waals surface area contributed by atoms with E-state index in [1.54, 1.807) is 23.5 Å². The smallest absolute Gasteiger partial charge is 0.257 e. The van der Waals surface area contributed by atoms with Gasteiger partial charge in [-0.3, -0.25) is 4.79 Å². The third-order valence-corrected chi connectivity index (χ3v) is 4.58. The quantitative estimate of drug-likeness (QED) is 0.724. The minimum atomic E-state index is -0.203. The first-order valence-corrected chi connectivity index (χ1v) is 9.09. The molecule has 1 heterocycles. The van der Waals surface area contributed by atoms with E-state index < -0.39 is 0 Å². The summed E-state index contributed by atoms with van der Waals surface area (Å²) >= 11 is 5.02. The van der Waals surface area contributed by atoms with Gasteiger partial charge in [0.2, 0.25) is 0 Å². The van der Waals surface area contributed by atoms with E-state index in [0.29, 0.717) is 34.7 Å². The molecule has 0 unspecified atom stereocenters. The zero-order valence-corrected chi connectivity index (χ0v) is 15.6. The average molecular weight is 409 g/mol. The van der Waals surface area contributed by atoms with Gasteiger partial charge in [-0.2, -0.15) is 5.26 Å². The predicted octanol–water partition coefficient (Wildman–Crippen LogP) is 3.52. The first-order chi connectivity index (χ1) is 11.6. The van der Waals surface area contributed by atoms with Crippen LogP contribution in [0.25, 0.3) is 0 Å². The van der Waals surface area contributed by atoms with Crippen molar-refractivity contribution in [3.63, 3.8) is 0 Å². The van der Waals surface area contributed by atoms with E-state index >= 15 is 0 Å². The van der Waals surface area contributed by atoms with Gasteiger partial charge in [-0.25, -0.2) is 0 Å². The fraction of sp³-hybridized carbons (Fsp3) is 0.294. The Bertz CT molecular complexity index is 726. The molecule has 0 spiro atoms. The molecular weight excluding hydrogens is 392 g/mol. The summed E-state index contributed by atoms with van der Waals surface area (Å²) in [5.74, 6) is 0.657. The lowest BCUT2D eigenvalue weighted by molar-refractivity contribution is -0.123. The first kappa shape index (κ1) is 18.3. The number of carbonyl (C=O) groups excluding carboxylic acids is 1. The number of benzene rings is 1. The number of thiophene rings is 1. The number of nitrogens with zero attached hydrogens (tertiary/aromatic N) is 1. The van der Waals surface area contributed by atoms with Crippen LogP contribution in [0.1, 0.15) is 17.4 Å². The number of halogens is 1. The Hall–Kier alpha value is -2.04. The summed E-state index contributed by atoms with van der Waals surface area (Å²) in [5, 5.41) is 13.8. The van der Waals surface area contributed by atoms with Crippen molar-refractivity contribution in [1.82, 2.24) is 5.32 Å². The van der Waals surface area contributed by atoms with Crippen LogP contribution in [0.2, 0.25) is 0 Å². The molecule has 0 aliphatic rings. The van der Waals surface area contributed by atoms with Crippen molar-refractivity contribution < 1.29 is 14.3 Å². The molecule has 0 saturated carbocycles. The maximum atomic E-state index is 11.9. The van der Waals surface area contributed by atoms with E-state index in [9.17, 15) is 4.79 Å². The molecule has 0 radical (unpaired) electrons. The highest BCUT2D eigenvalue weighted by Gasteiger charge is 2.14. The largest absolute Gasteiger partial charge is 0.490 e. The normalized spacial score (nSPS) is 10.0. The van der Waals surface area contributed by atoms with Crippen LogP contribution in [0.3, 0.4) is 0 Å². The van der Waals surface area contributed by atoms with Crippen molar-refractivity contribution in [2.24, 2.45) is 0 Å². The zero-order valence-electron chi connectivity index (χ0n) is 13.2. The molecule has 0 aliphatic carbocycles. The molecular formula is C17H17BrN2O3S. The number of hydrogen-bond donors (Lipinski definition) is 1. The molecule has 0 fully saturated rings. The van der Waals surface area contributed by atoms with Gasteiger partial charge in [0, 0.05) is 17.5 Å². The number of ether oxygens (including phenoxy) is 2. The fourth-order valence-electron chi connectivity index (χ4n) is 2.00. The third kappa shape index (κ3) is 5.25. The number of nitriles is 1. The molecule has 0 bridgehead atoms. The summed E-state index contributed by atoms with van der Waals surface area (Å²) in [6.07, 6.45) is 0.800. The third-order valence-electron chi connectivity index (χ3n) is 3.06. The maximum Gasteiger partial charge on any atom is 0.257 e. The Morgan fingerprint density at radius 1 is 1.42 bits per heavy atom. The second-order valence-corrected chi connectivity index (χ2v) is 6.68. The van der Waals surface area contributed by atoms with Gasteiger partial charge in [0.05, 0.1) is 22.7 Å².